The Balaban J connectivity index is 1.70. The Hall–Kier alpha value is -3.53. The van der Waals surface area contributed by atoms with Crippen LogP contribution >= 0.6 is 0 Å². The third-order valence-electron chi connectivity index (χ3n) is 4.28. The predicted molar refractivity (Wildman–Crippen MR) is 101 cm³/mol. The Labute approximate surface area is 150 Å². The zero-order chi connectivity index (χ0) is 18.1. The van der Waals surface area contributed by atoms with Crippen LogP contribution in [0, 0.1) is 0 Å². The number of benzene rings is 3. The van der Waals surface area contributed by atoms with Crippen LogP contribution in [0.1, 0.15) is 11.1 Å². The summed E-state index contributed by atoms with van der Waals surface area (Å²) >= 11 is 0. The molecule has 0 bridgehead atoms. The van der Waals surface area contributed by atoms with E-state index in [1.54, 1.807) is 24.3 Å². The topological polar surface area (TPSA) is 55.8 Å². The second-order valence-corrected chi connectivity index (χ2v) is 5.99. The number of cyclic esters (lactones) is 1. The fourth-order valence-corrected chi connectivity index (χ4v) is 2.94. The van der Waals surface area contributed by atoms with E-state index in [-0.39, 0.29) is 5.75 Å². The van der Waals surface area contributed by atoms with Gasteiger partial charge in [-0.15, -0.1) is 0 Å². The number of hydrogen-bond donors (Lipinski definition) is 1. The molecule has 0 saturated carbocycles. The highest BCUT2D eigenvalue weighted by molar-refractivity contribution is 6.05. The maximum absolute atomic E-state index is 12.2. The molecule has 1 aliphatic heterocycles. The van der Waals surface area contributed by atoms with Crippen LogP contribution in [0.5, 0.6) is 11.5 Å². The van der Waals surface area contributed by atoms with Gasteiger partial charge in [0.05, 0.1) is 12.7 Å². The Morgan fingerprint density at radius 3 is 2.62 bits per heavy atom. The third kappa shape index (κ3) is 2.93. The number of carbonyl (C=O) groups is 1. The van der Waals surface area contributed by atoms with E-state index in [4.69, 9.17) is 9.47 Å². The molecule has 0 aromatic heterocycles. The first-order valence-electron chi connectivity index (χ1n) is 8.16. The van der Waals surface area contributed by atoms with Gasteiger partial charge in [0, 0.05) is 5.56 Å². The maximum atomic E-state index is 12.2. The summed E-state index contributed by atoms with van der Waals surface area (Å²) in [6.45, 7) is 0. The highest BCUT2D eigenvalue weighted by Gasteiger charge is 2.22. The molecule has 0 radical (unpaired) electrons. The maximum Gasteiger partial charge on any atom is 0.343 e. The lowest BCUT2D eigenvalue weighted by molar-refractivity contribution is -0.130. The van der Waals surface area contributed by atoms with E-state index in [9.17, 15) is 9.90 Å². The number of rotatable bonds is 3. The second-order valence-electron chi connectivity index (χ2n) is 5.99. The number of phenolic OH excluding ortho intramolecular Hbond substituents is 1. The van der Waals surface area contributed by atoms with Crippen molar-refractivity contribution in [1.82, 2.24) is 0 Å². The number of phenols is 1. The van der Waals surface area contributed by atoms with Gasteiger partial charge in [0.2, 0.25) is 0 Å². The van der Waals surface area contributed by atoms with Crippen molar-refractivity contribution in [2.45, 2.75) is 0 Å². The standard InChI is InChI=1S/C22H16O4/c1-25-21-11-14(6-9-19(21)23)10-18-13-20(26-22(18)24)17-8-7-15-4-2-3-5-16(15)12-17/h2-13,23H,1H3/b18-10-. The van der Waals surface area contributed by atoms with Crippen molar-refractivity contribution in [1.29, 1.82) is 0 Å². The summed E-state index contributed by atoms with van der Waals surface area (Å²) in [5.74, 6) is 0.526. The molecule has 3 aromatic carbocycles. The molecule has 0 atom stereocenters. The highest BCUT2D eigenvalue weighted by atomic mass is 16.5. The molecule has 1 heterocycles. The molecule has 0 aliphatic carbocycles. The Morgan fingerprint density at radius 2 is 1.81 bits per heavy atom. The Kier molecular flexibility index (Phi) is 3.93. The number of methoxy groups -OCH3 is 1. The molecule has 3 aromatic rings. The van der Waals surface area contributed by atoms with Crippen LogP contribution in [0.25, 0.3) is 22.6 Å². The quantitative estimate of drug-likeness (QED) is 0.560. The lowest BCUT2D eigenvalue weighted by atomic mass is 10.0. The molecule has 4 rings (SSSR count). The van der Waals surface area contributed by atoms with Gasteiger partial charge < -0.3 is 14.6 Å². The van der Waals surface area contributed by atoms with Crippen LogP contribution in [-0.2, 0) is 9.53 Å². The first-order chi connectivity index (χ1) is 12.6. The van der Waals surface area contributed by atoms with Gasteiger partial charge in [-0.1, -0.05) is 42.5 Å². The van der Waals surface area contributed by atoms with E-state index in [2.05, 4.69) is 0 Å². The Bertz CT molecular complexity index is 1080. The summed E-state index contributed by atoms with van der Waals surface area (Å²) in [4.78, 5) is 12.2. The number of hydrogen-bond acceptors (Lipinski definition) is 4. The van der Waals surface area contributed by atoms with Crippen LogP contribution in [0.4, 0.5) is 0 Å². The molecule has 1 N–H and O–H groups in total. The van der Waals surface area contributed by atoms with Crippen molar-refractivity contribution in [3.05, 3.63) is 83.4 Å². The van der Waals surface area contributed by atoms with Crippen molar-refractivity contribution >= 4 is 28.6 Å². The minimum Gasteiger partial charge on any atom is -0.504 e. The van der Waals surface area contributed by atoms with Crippen molar-refractivity contribution in [2.75, 3.05) is 7.11 Å². The van der Waals surface area contributed by atoms with E-state index in [0.717, 1.165) is 21.9 Å². The largest absolute Gasteiger partial charge is 0.504 e. The first kappa shape index (κ1) is 16.0. The smallest absolute Gasteiger partial charge is 0.343 e. The molecule has 4 nitrogen and oxygen atoms in total. The van der Waals surface area contributed by atoms with Crippen LogP contribution in [0.2, 0.25) is 0 Å². The monoisotopic (exact) mass is 344 g/mol. The van der Waals surface area contributed by atoms with Gasteiger partial charge in [0.15, 0.2) is 11.5 Å². The van der Waals surface area contributed by atoms with Crippen molar-refractivity contribution < 1.29 is 19.4 Å². The number of aromatic hydroxyl groups is 1. The van der Waals surface area contributed by atoms with Gasteiger partial charge in [-0.05, 0) is 46.7 Å². The molecule has 128 valence electrons. The van der Waals surface area contributed by atoms with Gasteiger partial charge in [-0.3, -0.25) is 0 Å². The molecule has 0 spiro atoms. The van der Waals surface area contributed by atoms with E-state index >= 15 is 0 Å². The molecule has 1 aliphatic rings. The van der Waals surface area contributed by atoms with Crippen molar-refractivity contribution in [2.24, 2.45) is 0 Å². The normalized spacial score (nSPS) is 15.2. The number of fused-ring (bicyclic) bond motifs is 1. The average molecular weight is 344 g/mol. The van der Waals surface area contributed by atoms with Crippen molar-refractivity contribution in [3.63, 3.8) is 0 Å². The van der Waals surface area contributed by atoms with Gasteiger partial charge in [0.25, 0.3) is 0 Å². The third-order valence-corrected chi connectivity index (χ3v) is 4.28. The lowest BCUT2D eigenvalue weighted by Crippen LogP contribution is -1.97. The van der Waals surface area contributed by atoms with Gasteiger partial charge in [0.1, 0.15) is 5.76 Å². The Morgan fingerprint density at radius 1 is 1.00 bits per heavy atom. The molecule has 0 saturated heterocycles. The number of carbonyl (C=O) groups excluding carboxylic acids is 1. The fourth-order valence-electron chi connectivity index (χ4n) is 2.94. The second kappa shape index (κ2) is 6.41. The minimum absolute atomic E-state index is 0.0519. The average Bonchev–Trinajstić information content (AvgIpc) is 3.03. The summed E-state index contributed by atoms with van der Waals surface area (Å²) in [5, 5.41) is 11.9. The summed E-state index contributed by atoms with van der Waals surface area (Å²) in [6.07, 6.45) is 3.43. The van der Waals surface area contributed by atoms with Gasteiger partial charge in [-0.25, -0.2) is 4.79 Å². The molecular weight excluding hydrogens is 328 g/mol. The summed E-state index contributed by atoms with van der Waals surface area (Å²) in [6, 6.07) is 18.9. The van der Waals surface area contributed by atoms with Crippen LogP contribution in [0.15, 0.2) is 72.3 Å². The molecular formula is C22H16O4. The predicted octanol–water partition coefficient (Wildman–Crippen LogP) is 4.54. The minimum atomic E-state index is -0.403. The molecule has 0 amide bonds. The summed E-state index contributed by atoms with van der Waals surface area (Å²) < 4.78 is 10.5. The number of esters is 1. The zero-order valence-corrected chi connectivity index (χ0v) is 14.1. The van der Waals surface area contributed by atoms with Crippen LogP contribution in [0.3, 0.4) is 0 Å². The lowest BCUT2D eigenvalue weighted by Gasteiger charge is -2.04. The van der Waals surface area contributed by atoms with E-state index < -0.39 is 5.97 Å². The van der Waals surface area contributed by atoms with Crippen LogP contribution in [-0.4, -0.2) is 18.2 Å². The highest BCUT2D eigenvalue weighted by Crippen LogP contribution is 2.31. The molecule has 4 heteroatoms. The van der Waals surface area contributed by atoms with E-state index in [0.29, 0.717) is 17.1 Å². The summed E-state index contributed by atoms with van der Waals surface area (Å²) in [5.41, 5.74) is 2.03. The number of ether oxygens (including phenoxy) is 2. The summed E-state index contributed by atoms with van der Waals surface area (Å²) in [7, 11) is 1.48. The molecule has 0 unspecified atom stereocenters. The SMILES string of the molecule is COc1cc(/C=C2/C=C(c3ccc4ccccc4c3)OC2=O)ccc1O. The first-order valence-corrected chi connectivity index (χ1v) is 8.16. The van der Waals surface area contributed by atoms with E-state index in [1.807, 2.05) is 42.5 Å². The molecule has 0 fully saturated rings. The molecule has 26 heavy (non-hydrogen) atoms. The van der Waals surface area contributed by atoms with Crippen molar-refractivity contribution in [3.8, 4) is 11.5 Å². The van der Waals surface area contributed by atoms with Gasteiger partial charge >= 0.3 is 5.97 Å². The zero-order valence-electron chi connectivity index (χ0n) is 14.1. The van der Waals surface area contributed by atoms with Crippen LogP contribution < -0.4 is 4.74 Å². The van der Waals surface area contributed by atoms with E-state index in [1.165, 1.54) is 13.2 Å². The fraction of sp³-hybridized carbons (Fsp3) is 0.0455. The van der Waals surface area contributed by atoms with Gasteiger partial charge in [-0.2, -0.15) is 0 Å².